The molecular weight excluding hydrogens is 452 g/mol. The van der Waals surface area contributed by atoms with Gasteiger partial charge in [0, 0.05) is 38.5 Å². The van der Waals surface area contributed by atoms with Gasteiger partial charge in [0.15, 0.2) is 5.78 Å². The number of hydrogen-bond acceptors (Lipinski definition) is 5. The van der Waals surface area contributed by atoms with Crippen LogP contribution >= 0.6 is 0 Å². The van der Waals surface area contributed by atoms with Gasteiger partial charge in [0.05, 0.1) is 0 Å². The van der Waals surface area contributed by atoms with Gasteiger partial charge in [-0.1, -0.05) is 50.6 Å². The molecule has 0 aromatic rings. The molecule has 4 rings (SSSR count). The smallest absolute Gasteiger partial charge is 0.302 e. The van der Waals surface area contributed by atoms with Crippen molar-refractivity contribution in [3.05, 3.63) is 35.5 Å². The molecule has 0 spiro atoms. The predicted molar refractivity (Wildman–Crippen MR) is 140 cm³/mol. The van der Waals surface area contributed by atoms with Crippen molar-refractivity contribution in [3.63, 3.8) is 0 Å². The molecule has 5 nitrogen and oxygen atoms in total. The summed E-state index contributed by atoms with van der Waals surface area (Å²) in [7, 11) is 0. The van der Waals surface area contributed by atoms with E-state index in [1.807, 2.05) is 6.92 Å². The van der Waals surface area contributed by atoms with E-state index in [0.717, 1.165) is 19.3 Å². The molecule has 198 valence electrons. The van der Waals surface area contributed by atoms with E-state index in [-0.39, 0.29) is 40.8 Å². The first-order chi connectivity index (χ1) is 16.9. The van der Waals surface area contributed by atoms with E-state index in [1.165, 1.54) is 37.8 Å². The molecule has 0 saturated heterocycles. The number of carbonyl (C=O) groups excluding carboxylic acids is 3. The zero-order valence-electron chi connectivity index (χ0n) is 23.0. The van der Waals surface area contributed by atoms with Gasteiger partial charge in [-0.15, -0.1) is 0 Å². The van der Waals surface area contributed by atoms with Crippen LogP contribution in [0.15, 0.2) is 35.5 Å². The van der Waals surface area contributed by atoms with Crippen LogP contribution in [0.4, 0.5) is 0 Å². The summed E-state index contributed by atoms with van der Waals surface area (Å²) in [5.74, 6) is 1.56. The SMILES string of the molecule is C=C(C)C(=O)CC[C@@H](C)[C@H]1CC[C@H]2C3=CC=C4C[C@@H](OC(C)=O)C[C@H](OC(C)=O)[C@]4(C)[C@H]3CC[C@]12C. The molecule has 8 atom stereocenters. The summed E-state index contributed by atoms with van der Waals surface area (Å²) in [6, 6.07) is 0. The first-order valence-electron chi connectivity index (χ1n) is 13.8. The minimum atomic E-state index is -0.304. The highest BCUT2D eigenvalue weighted by molar-refractivity contribution is 5.94. The lowest BCUT2D eigenvalue weighted by Gasteiger charge is -2.57. The van der Waals surface area contributed by atoms with E-state index < -0.39 is 0 Å². The first-order valence-corrected chi connectivity index (χ1v) is 13.8. The fourth-order valence-electron chi connectivity index (χ4n) is 8.45. The van der Waals surface area contributed by atoms with Crippen LogP contribution in [0, 0.1) is 34.5 Å². The zero-order chi connectivity index (χ0) is 26.4. The maximum atomic E-state index is 12.2. The average molecular weight is 497 g/mol. The van der Waals surface area contributed by atoms with Crippen LogP contribution in [0.25, 0.3) is 0 Å². The highest BCUT2D eigenvalue weighted by Gasteiger charge is 2.60. The van der Waals surface area contributed by atoms with E-state index in [4.69, 9.17) is 9.47 Å². The third kappa shape index (κ3) is 4.63. The van der Waals surface area contributed by atoms with Crippen molar-refractivity contribution in [1.29, 1.82) is 0 Å². The summed E-state index contributed by atoms with van der Waals surface area (Å²) in [6.07, 6.45) is 11.4. The van der Waals surface area contributed by atoms with Crippen LogP contribution in [-0.2, 0) is 23.9 Å². The average Bonchev–Trinajstić information content (AvgIpc) is 3.14. The Balaban J connectivity index is 1.60. The maximum absolute atomic E-state index is 12.2. The summed E-state index contributed by atoms with van der Waals surface area (Å²) in [4.78, 5) is 36.0. The van der Waals surface area contributed by atoms with Gasteiger partial charge in [0.2, 0.25) is 0 Å². The molecule has 0 aromatic carbocycles. The highest BCUT2D eigenvalue weighted by Crippen LogP contribution is 2.66. The zero-order valence-corrected chi connectivity index (χ0v) is 23.0. The van der Waals surface area contributed by atoms with Crippen molar-refractivity contribution >= 4 is 17.7 Å². The lowest BCUT2D eigenvalue weighted by atomic mass is 9.49. The van der Waals surface area contributed by atoms with Crippen molar-refractivity contribution in [2.75, 3.05) is 0 Å². The molecule has 0 radical (unpaired) electrons. The van der Waals surface area contributed by atoms with E-state index in [0.29, 0.717) is 48.5 Å². The molecule has 0 N–H and O–H groups in total. The number of fused-ring (bicyclic) bond motifs is 5. The molecular formula is C31H44O5. The topological polar surface area (TPSA) is 69.7 Å². The van der Waals surface area contributed by atoms with Crippen LogP contribution in [0.1, 0.15) is 92.9 Å². The lowest BCUT2D eigenvalue weighted by Crippen LogP contribution is -2.54. The van der Waals surface area contributed by atoms with Gasteiger partial charge < -0.3 is 9.47 Å². The number of allylic oxidation sites excluding steroid dienone is 4. The largest absolute Gasteiger partial charge is 0.462 e. The van der Waals surface area contributed by atoms with Crippen LogP contribution in [-0.4, -0.2) is 29.9 Å². The van der Waals surface area contributed by atoms with Gasteiger partial charge in [-0.3, -0.25) is 14.4 Å². The van der Waals surface area contributed by atoms with E-state index in [1.54, 1.807) is 0 Å². The standard InChI is InChI=1S/C31H44O5/c1-18(2)28(34)13-8-19(3)25-11-12-26-24-10-9-22-16-23(35-20(4)32)17-29(36-21(5)33)31(22,7)27(24)14-15-30(25,26)6/h9-10,19,23,25-27,29H,1,8,11-17H2,2-7H3/t19-,23-,25-,26+,27+,29+,30-,31+/m1/s1. The number of carbonyl (C=O) groups is 3. The second-order valence-electron chi connectivity index (χ2n) is 12.5. The Morgan fingerprint density at radius 3 is 2.36 bits per heavy atom. The van der Waals surface area contributed by atoms with Gasteiger partial charge in [-0.2, -0.15) is 0 Å². The van der Waals surface area contributed by atoms with Crippen molar-refractivity contribution in [3.8, 4) is 0 Å². The van der Waals surface area contributed by atoms with Crippen LogP contribution in [0.2, 0.25) is 0 Å². The van der Waals surface area contributed by atoms with Crippen molar-refractivity contribution < 1.29 is 23.9 Å². The third-order valence-electron chi connectivity index (χ3n) is 10.3. The van der Waals surface area contributed by atoms with E-state index >= 15 is 0 Å². The summed E-state index contributed by atoms with van der Waals surface area (Å²) in [5.41, 5.74) is 3.37. The molecule has 5 heteroatoms. The fourth-order valence-corrected chi connectivity index (χ4v) is 8.45. The number of hydrogen-bond donors (Lipinski definition) is 0. The fraction of sp³-hybridized carbons (Fsp3) is 0.710. The molecule has 0 amide bonds. The molecule has 0 aromatic heterocycles. The van der Waals surface area contributed by atoms with Crippen molar-refractivity contribution in [2.24, 2.45) is 34.5 Å². The van der Waals surface area contributed by atoms with E-state index in [9.17, 15) is 14.4 Å². The maximum Gasteiger partial charge on any atom is 0.302 e. The summed E-state index contributed by atoms with van der Waals surface area (Å²) in [5, 5.41) is 0. The minimum absolute atomic E-state index is 0.187. The van der Waals surface area contributed by atoms with Crippen LogP contribution < -0.4 is 0 Å². The van der Waals surface area contributed by atoms with Gasteiger partial charge in [-0.05, 0) is 73.7 Å². The summed E-state index contributed by atoms with van der Waals surface area (Å²) >= 11 is 0. The van der Waals surface area contributed by atoms with Crippen LogP contribution in [0.3, 0.4) is 0 Å². The van der Waals surface area contributed by atoms with Gasteiger partial charge in [-0.25, -0.2) is 0 Å². The Hall–Kier alpha value is -2.17. The number of ether oxygens (including phenoxy) is 2. The lowest BCUT2D eigenvalue weighted by molar-refractivity contribution is -0.165. The monoisotopic (exact) mass is 496 g/mol. The molecule has 36 heavy (non-hydrogen) atoms. The molecule has 0 unspecified atom stereocenters. The number of rotatable bonds is 7. The molecule has 3 saturated carbocycles. The first kappa shape index (κ1) is 26.9. The third-order valence-corrected chi connectivity index (χ3v) is 10.3. The van der Waals surface area contributed by atoms with Gasteiger partial charge in [0.1, 0.15) is 12.2 Å². The Morgan fingerprint density at radius 2 is 1.72 bits per heavy atom. The quantitative estimate of drug-likeness (QED) is 0.296. The Kier molecular flexibility index (Phi) is 7.43. The second-order valence-corrected chi connectivity index (χ2v) is 12.5. The van der Waals surface area contributed by atoms with Gasteiger partial charge in [0.25, 0.3) is 0 Å². The molecule has 4 aliphatic carbocycles. The summed E-state index contributed by atoms with van der Waals surface area (Å²) < 4.78 is 11.5. The molecule has 0 bridgehead atoms. The predicted octanol–water partition coefficient (Wildman–Crippen LogP) is 6.52. The Morgan fingerprint density at radius 1 is 1.03 bits per heavy atom. The number of esters is 2. The molecule has 0 aliphatic heterocycles. The minimum Gasteiger partial charge on any atom is -0.462 e. The van der Waals surface area contributed by atoms with Crippen molar-refractivity contribution in [1.82, 2.24) is 0 Å². The van der Waals surface area contributed by atoms with Crippen molar-refractivity contribution in [2.45, 2.75) is 105 Å². The second kappa shape index (κ2) is 9.95. The van der Waals surface area contributed by atoms with Gasteiger partial charge >= 0.3 is 11.9 Å². The number of Topliss-reactive ketones (excluding diaryl/α,β-unsaturated/α-hetero) is 1. The summed E-state index contributed by atoms with van der Waals surface area (Å²) in [6.45, 7) is 15.6. The van der Waals surface area contributed by atoms with Crippen LogP contribution in [0.5, 0.6) is 0 Å². The Labute approximate surface area is 216 Å². The molecule has 0 heterocycles. The van der Waals surface area contributed by atoms with E-state index in [2.05, 4.69) is 39.5 Å². The molecule has 3 fully saturated rings. The normalized spacial score (nSPS) is 37.9. The highest BCUT2D eigenvalue weighted by atomic mass is 16.6. The Bertz CT molecular complexity index is 1000. The number of ketones is 1. The molecule has 4 aliphatic rings.